The fraction of sp³-hybridized carbons (Fsp3) is 0.478. The van der Waals surface area contributed by atoms with E-state index in [1.165, 1.54) is 19.2 Å². The van der Waals surface area contributed by atoms with Crippen LogP contribution in [0.1, 0.15) is 7.79 Å². The molecule has 2 aliphatic heterocycles. The summed E-state index contributed by atoms with van der Waals surface area (Å²) in [7, 11) is 1.34. The van der Waals surface area contributed by atoms with Gasteiger partial charge in [0.25, 0.3) is 6.43 Å². The van der Waals surface area contributed by atoms with Crippen LogP contribution in [0.5, 0.6) is 5.88 Å². The molecule has 0 aliphatic carbocycles. The van der Waals surface area contributed by atoms with E-state index in [1.807, 2.05) is 0 Å². The SMILES string of the molecule is [2H]c1c(F)c(-c2ccc3nnn(CC(F)F)c3c2)c2c(OC)nc(N[C@@H]3CCN(C4COC4)C[C@@H]3F)nn12. The van der Waals surface area contributed by atoms with Gasteiger partial charge in [-0.05, 0) is 24.1 Å². The molecule has 14 heteroatoms. The number of hydrogen-bond acceptors (Lipinski definition) is 8. The maximum atomic E-state index is 15.5. The Bertz CT molecular complexity index is 1490. The van der Waals surface area contributed by atoms with Gasteiger partial charge in [-0.3, -0.25) is 4.90 Å². The Kier molecular flexibility index (Phi) is 5.76. The van der Waals surface area contributed by atoms with Gasteiger partial charge >= 0.3 is 0 Å². The topological polar surface area (TPSA) is 94.6 Å². The van der Waals surface area contributed by atoms with E-state index in [2.05, 4.69) is 30.6 Å². The molecule has 2 saturated heterocycles. The van der Waals surface area contributed by atoms with E-state index in [4.69, 9.17) is 10.8 Å². The van der Waals surface area contributed by atoms with Crippen molar-refractivity contribution >= 4 is 22.5 Å². The summed E-state index contributed by atoms with van der Waals surface area (Å²) in [6, 6.07) is 4.20. The average Bonchev–Trinajstić information content (AvgIpc) is 3.36. The van der Waals surface area contributed by atoms with Gasteiger partial charge in [0.05, 0.1) is 51.0 Å². The average molecular weight is 521 g/mol. The van der Waals surface area contributed by atoms with Crippen LogP contribution in [0.15, 0.2) is 24.4 Å². The number of anilines is 1. The van der Waals surface area contributed by atoms with Crippen molar-refractivity contribution in [1.29, 1.82) is 0 Å². The fourth-order valence-electron chi connectivity index (χ4n) is 4.83. The van der Waals surface area contributed by atoms with Crippen molar-refractivity contribution in [2.75, 3.05) is 38.7 Å². The lowest BCUT2D eigenvalue weighted by molar-refractivity contribution is -0.0794. The van der Waals surface area contributed by atoms with E-state index in [0.29, 0.717) is 31.7 Å². The molecular formula is C23H24F4N8O2. The van der Waals surface area contributed by atoms with Crippen LogP contribution in [0.3, 0.4) is 0 Å². The zero-order valence-corrected chi connectivity index (χ0v) is 19.7. The summed E-state index contributed by atoms with van der Waals surface area (Å²) in [5.41, 5.74) is 0.951. The van der Waals surface area contributed by atoms with Crippen LogP contribution in [0.2, 0.25) is 0 Å². The van der Waals surface area contributed by atoms with Gasteiger partial charge in [0, 0.05) is 13.1 Å². The lowest BCUT2D eigenvalue weighted by Crippen LogP contribution is -2.57. The van der Waals surface area contributed by atoms with Gasteiger partial charge in [-0.2, -0.15) is 4.98 Å². The van der Waals surface area contributed by atoms with E-state index < -0.39 is 37.2 Å². The second-order valence-electron chi connectivity index (χ2n) is 9.11. The minimum atomic E-state index is -2.65. The third kappa shape index (κ3) is 4.33. The third-order valence-corrected chi connectivity index (χ3v) is 6.81. The standard InChI is InChI=1S/C23H24F4N8O2/c1-36-22-21-20(12-2-3-17-18(6-12)34(32-30-17)9-19(26)27)15(25)8-35(21)31-23(29-22)28-16-4-5-33(7-14(16)24)13-10-37-11-13/h2-3,6,8,13-14,16,19H,4-5,7,9-11H2,1H3,(H,28,31)/t14-,16+/m0/s1/i8D. The van der Waals surface area contributed by atoms with Crippen molar-refractivity contribution in [3.63, 3.8) is 0 Å². The number of halogens is 4. The molecule has 0 bridgehead atoms. The van der Waals surface area contributed by atoms with Crippen molar-refractivity contribution in [1.82, 2.24) is 34.5 Å². The predicted molar refractivity (Wildman–Crippen MR) is 125 cm³/mol. The van der Waals surface area contributed by atoms with Gasteiger partial charge < -0.3 is 14.8 Å². The highest BCUT2D eigenvalue weighted by Gasteiger charge is 2.36. The number of fused-ring (bicyclic) bond motifs is 2. The molecule has 0 spiro atoms. The number of nitrogens with zero attached hydrogens (tertiary/aromatic N) is 7. The molecule has 1 aromatic carbocycles. The number of alkyl halides is 3. The number of piperidine rings is 1. The Balaban J connectivity index is 1.35. The first-order chi connectivity index (χ1) is 18.3. The Morgan fingerprint density at radius 2 is 2.16 bits per heavy atom. The van der Waals surface area contributed by atoms with Crippen LogP contribution in [0.4, 0.5) is 23.5 Å². The Labute approximate surface area is 209 Å². The summed E-state index contributed by atoms with van der Waals surface area (Å²) in [5, 5.41) is 14.9. The molecule has 2 atom stereocenters. The monoisotopic (exact) mass is 521 g/mol. The number of aromatic nitrogens is 6. The van der Waals surface area contributed by atoms with Crippen LogP contribution >= 0.6 is 0 Å². The lowest BCUT2D eigenvalue weighted by atomic mass is 10.0. The molecule has 2 fully saturated rings. The maximum Gasteiger partial charge on any atom is 0.258 e. The predicted octanol–water partition coefficient (Wildman–Crippen LogP) is 2.78. The minimum absolute atomic E-state index is 0.00728. The third-order valence-electron chi connectivity index (χ3n) is 6.81. The first kappa shape index (κ1) is 22.7. The largest absolute Gasteiger partial charge is 0.479 e. The molecule has 37 heavy (non-hydrogen) atoms. The van der Waals surface area contributed by atoms with Crippen LogP contribution in [-0.2, 0) is 11.3 Å². The number of likely N-dealkylation sites (tertiary alicyclic amines) is 1. The summed E-state index contributed by atoms with van der Waals surface area (Å²) in [4.78, 5) is 6.40. The van der Waals surface area contributed by atoms with E-state index in [1.54, 1.807) is 6.07 Å². The number of hydrogen-bond donors (Lipinski definition) is 1. The molecule has 6 rings (SSSR count). The normalized spacial score (nSPS) is 21.5. The number of rotatable bonds is 7. The highest BCUT2D eigenvalue weighted by molar-refractivity contribution is 5.89. The van der Waals surface area contributed by atoms with Gasteiger partial charge in [-0.1, -0.05) is 11.3 Å². The number of nitrogens with one attached hydrogen (secondary N) is 1. The van der Waals surface area contributed by atoms with E-state index in [-0.39, 0.29) is 46.6 Å². The van der Waals surface area contributed by atoms with Crippen molar-refractivity contribution in [2.45, 2.75) is 37.6 Å². The zero-order valence-electron chi connectivity index (χ0n) is 20.7. The van der Waals surface area contributed by atoms with Crippen molar-refractivity contribution in [2.24, 2.45) is 0 Å². The van der Waals surface area contributed by atoms with Gasteiger partial charge in [-0.15, -0.1) is 10.2 Å². The first-order valence-corrected chi connectivity index (χ1v) is 11.8. The molecular weight excluding hydrogens is 496 g/mol. The molecule has 196 valence electrons. The molecule has 3 aromatic heterocycles. The highest BCUT2D eigenvalue weighted by Crippen LogP contribution is 2.35. The van der Waals surface area contributed by atoms with Crippen molar-refractivity contribution in [3.8, 4) is 17.0 Å². The van der Waals surface area contributed by atoms with Crippen molar-refractivity contribution < 1.29 is 28.4 Å². The number of methoxy groups -OCH3 is 1. The molecule has 1 N–H and O–H groups in total. The molecule has 4 aromatic rings. The quantitative estimate of drug-likeness (QED) is 0.371. The van der Waals surface area contributed by atoms with Crippen LogP contribution < -0.4 is 10.1 Å². The summed E-state index contributed by atoms with van der Waals surface area (Å²) in [6.45, 7) is 1.46. The maximum absolute atomic E-state index is 15.5. The smallest absolute Gasteiger partial charge is 0.258 e. The highest BCUT2D eigenvalue weighted by atomic mass is 19.3. The molecule has 0 saturated carbocycles. The van der Waals surface area contributed by atoms with Crippen molar-refractivity contribution in [3.05, 3.63) is 30.2 Å². The zero-order chi connectivity index (χ0) is 26.6. The van der Waals surface area contributed by atoms with Crippen LogP contribution in [-0.4, -0.2) is 92.6 Å². The summed E-state index contributed by atoms with van der Waals surface area (Å²) < 4.78 is 77.5. The van der Waals surface area contributed by atoms with E-state index in [0.717, 1.165) is 9.20 Å². The second-order valence-corrected chi connectivity index (χ2v) is 9.11. The van der Waals surface area contributed by atoms with Crippen LogP contribution in [0, 0.1) is 5.82 Å². The second kappa shape index (κ2) is 9.41. The molecule has 10 nitrogen and oxygen atoms in total. The number of ether oxygens (including phenoxy) is 2. The van der Waals surface area contributed by atoms with Gasteiger partial charge in [-0.25, -0.2) is 26.8 Å². The Hall–Kier alpha value is -3.52. The minimum Gasteiger partial charge on any atom is -0.479 e. The Morgan fingerprint density at radius 3 is 2.86 bits per heavy atom. The molecule has 0 radical (unpaired) electrons. The Morgan fingerprint density at radius 1 is 1.32 bits per heavy atom. The molecule has 2 aliphatic rings. The summed E-state index contributed by atoms with van der Waals surface area (Å²) in [5.74, 6) is -0.942. The fourth-order valence-corrected chi connectivity index (χ4v) is 4.83. The lowest BCUT2D eigenvalue weighted by Gasteiger charge is -2.42. The molecule has 5 heterocycles. The summed E-state index contributed by atoms with van der Waals surface area (Å²) in [6.07, 6.45) is -3.91. The first-order valence-electron chi connectivity index (χ1n) is 12.3. The van der Waals surface area contributed by atoms with Gasteiger partial charge in [0.1, 0.15) is 23.7 Å². The van der Waals surface area contributed by atoms with E-state index in [9.17, 15) is 13.2 Å². The summed E-state index contributed by atoms with van der Waals surface area (Å²) >= 11 is 0. The van der Waals surface area contributed by atoms with Gasteiger partial charge in [0.15, 0.2) is 5.82 Å². The van der Waals surface area contributed by atoms with Gasteiger partial charge in [0.2, 0.25) is 11.8 Å². The van der Waals surface area contributed by atoms with E-state index >= 15 is 4.39 Å². The van der Waals surface area contributed by atoms with Crippen LogP contribution in [0.25, 0.3) is 27.7 Å². The molecule has 0 amide bonds. The number of benzene rings is 1. The molecule has 0 unspecified atom stereocenters.